The summed E-state index contributed by atoms with van der Waals surface area (Å²) in [6, 6.07) is 18.3. The number of ketones is 1. The van der Waals surface area contributed by atoms with Crippen molar-refractivity contribution in [2.75, 3.05) is 7.11 Å². The number of hydrogen-bond donors (Lipinski definition) is 0. The summed E-state index contributed by atoms with van der Waals surface area (Å²) >= 11 is 0. The molecule has 4 heteroatoms. The number of nitrogens with zero attached hydrogens (tertiary/aromatic N) is 1. The van der Waals surface area contributed by atoms with Gasteiger partial charge in [-0.3, -0.25) is 4.79 Å². The van der Waals surface area contributed by atoms with Gasteiger partial charge in [0.15, 0.2) is 0 Å². The molecule has 0 bridgehead atoms. The van der Waals surface area contributed by atoms with Crippen LogP contribution in [0.3, 0.4) is 0 Å². The molecule has 0 N–H and O–H groups in total. The molecular formula is C20H13NO3. The van der Waals surface area contributed by atoms with Gasteiger partial charge in [0.2, 0.25) is 5.78 Å². The highest BCUT2D eigenvalue weighted by atomic mass is 16.5. The second kappa shape index (κ2) is 5.42. The minimum absolute atomic E-state index is 0.0852. The Morgan fingerprint density at radius 2 is 1.50 bits per heavy atom. The zero-order valence-electron chi connectivity index (χ0n) is 12.9. The smallest absolute Gasteiger partial charge is 0.338 e. The quantitative estimate of drug-likeness (QED) is 0.529. The first kappa shape index (κ1) is 14.3. The summed E-state index contributed by atoms with van der Waals surface area (Å²) in [5, 5.41) is 0. The number of benzene rings is 2. The van der Waals surface area contributed by atoms with Crippen molar-refractivity contribution in [1.82, 2.24) is 4.98 Å². The first-order valence-electron chi connectivity index (χ1n) is 7.53. The van der Waals surface area contributed by atoms with Crippen LogP contribution in [0.25, 0.3) is 22.4 Å². The van der Waals surface area contributed by atoms with Crippen molar-refractivity contribution in [3.05, 3.63) is 77.5 Å². The summed E-state index contributed by atoms with van der Waals surface area (Å²) in [5.41, 5.74) is 4.47. The van der Waals surface area contributed by atoms with Crippen LogP contribution in [0.2, 0.25) is 0 Å². The first-order chi connectivity index (χ1) is 11.7. The Balaban J connectivity index is 1.88. The second-order valence-electron chi connectivity index (χ2n) is 5.50. The number of carbonyl (C=O) groups is 2. The number of fused-ring (bicyclic) bond motifs is 3. The molecular weight excluding hydrogens is 302 g/mol. The van der Waals surface area contributed by atoms with Crippen LogP contribution in [-0.2, 0) is 4.74 Å². The van der Waals surface area contributed by atoms with E-state index in [0.29, 0.717) is 28.1 Å². The van der Waals surface area contributed by atoms with E-state index in [1.54, 1.807) is 24.3 Å². The van der Waals surface area contributed by atoms with Crippen molar-refractivity contribution in [3.8, 4) is 22.4 Å². The second-order valence-corrected chi connectivity index (χ2v) is 5.50. The summed E-state index contributed by atoms with van der Waals surface area (Å²) in [5.74, 6) is -0.513. The van der Waals surface area contributed by atoms with E-state index in [-0.39, 0.29) is 5.78 Å². The van der Waals surface area contributed by atoms with Crippen molar-refractivity contribution in [1.29, 1.82) is 0 Å². The van der Waals surface area contributed by atoms with Crippen molar-refractivity contribution >= 4 is 11.8 Å². The maximum Gasteiger partial charge on any atom is 0.338 e. The van der Waals surface area contributed by atoms with Gasteiger partial charge in [0.25, 0.3) is 0 Å². The fraction of sp³-hybridized carbons (Fsp3) is 0.0500. The molecule has 1 aliphatic rings. The number of aromatic nitrogens is 1. The molecule has 0 atom stereocenters. The first-order valence-corrected chi connectivity index (χ1v) is 7.53. The van der Waals surface area contributed by atoms with Gasteiger partial charge < -0.3 is 4.74 Å². The van der Waals surface area contributed by atoms with Crippen LogP contribution >= 0.6 is 0 Å². The number of esters is 1. The van der Waals surface area contributed by atoms with Gasteiger partial charge >= 0.3 is 5.97 Å². The number of carbonyl (C=O) groups excluding carboxylic acids is 2. The Bertz CT molecular complexity index is 992. The molecule has 0 saturated heterocycles. The van der Waals surface area contributed by atoms with Gasteiger partial charge in [-0.2, -0.15) is 0 Å². The van der Waals surface area contributed by atoms with Gasteiger partial charge in [0, 0.05) is 16.7 Å². The lowest BCUT2D eigenvalue weighted by Crippen LogP contribution is -2.05. The summed E-state index contributed by atoms with van der Waals surface area (Å²) in [6.45, 7) is 0. The molecule has 116 valence electrons. The van der Waals surface area contributed by atoms with Crippen molar-refractivity contribution < 1.29 is 14.3 Å². The molecule has 0 fully saturated rings. The third-order valence-corrected chi connectivity index (χ3v) is 4.18. The van der Waals surface area contributed by atoms with Crippen LogP contribution in [0.1, 0.15) is 26.4 Å². The molecule has 3 aromatic rings. The Labute approximate surface area is 138 Å². The van der Waals surface area contributed by atoms with E-state index in [4.69, 9.17) is 4.74 Å². The average Bonchev–Trinajstić information content (AvgIpc) is 2.93. The van der Waals surface area contributed by atoms with Crippen LogP contribution in [0.5, 0.6) is 0 Å². The molecule has 4 nitrogen and oxygen atoms in total. The maximum absolute atomic E-state index is 12.6. The average molecular weight is 315 g/mol. The van der Waals surface area contributed by atoms with Gasteiger partial charge in [-0.15, -0.1) is 0 Å². The number of methoxy groups -OCH3 is 1. The minimum atomic E-state index is -0.428. The van der Waals surface area contributed by atoms with Crippen molar-refractivity contribution in [3.63, 3.8) is 0 Å². The summed E-state index contributed by atoms with van der Waals surface area (Å²) in [4.78, 5) is 29.1. The van der Waals surface area contributed by atoms with Gasteiger partial charge in [-0.1, -0.05) is 42.5 Å². The lowest BCUT2D eigenvalue weighted by atomic mass is 10.0. The molecule has 2 aromatic carbocycles. The van der Waals surface area contributed by atoms with Crippen LogP contribution in [0.4, 0.5) is 0 Å². The van der Waals surface area contributed by atoms with E-state index in [9.17, 15) is 9.59 Å². The van der Waals surface area contributed by atoms with Gasteiger partial charge in [-0.05, 0) is 23.8 Å². The van der Waals surface area contributed by atoms with Crippen molar-refractivity contribution in [2.24, 2.45) is 0 Å². The van der Waals surface area contributed by atoms with Crippen molar-refractivity contribution in [2.45, 2.75) is 0 Å². The number of ether oxygens (including phenoxy) is 1. The lowest BCUT2D eigenvalue weighted by molar-refractivity contribution is 0.0601. The highest BCUT2D eigenvalue weighted by Crippen LogP contribution is 2.37. The van der Waals surface area contributed by atoms with E-state index >= 15 is 0 Å². The Kier molecular flexibility index (Phi) is 3.24. The summed E-state index contributed by atoms with van der Waals surface area (Å²) < 4.78 is 4.83. The SMILES string of the molecule is COC(=O)c1ccccc1-c1ccc2c(n1)C(=O)c1ccccc1-2. The van der Waals surface area contributed by atoms with Crippen LogP contribution in [0, 0.1) is 0 Å². The fourth-order valence-corrected chi connectivity index (χ4v) is 3.04. The lowest BCUT2D eigenvalue weighted by Gasteiger charge is -2.08. The number of rotatable bonds is 2. The topological polar surface area (TPSA) is 56.3 Å². The largest absolute Gasteiger partial charge is 0.465 e. The molecule has 1 aliphatic carbocycles. The van der Waals surface area contributed by atoms with E-state index in [1.165, 1.54) is 7.11 Å². The highest BCUT2D eigenvalue weighted by molar-refractivity contribution is 6.20. The molecule has 0 spiro atoms. The molecule has 0 saturated carbocycles. The van der Waals surface area contributed by atoms with Gasteiger partial charge in [0.1, 0.15) is 5.69 Å². The van der Waals surface area contributed by atoms with Gasteiger partial charge in [-0.25, -0.2) is 9.78 Å². The van der Waals surface area contributed by atoms with Gasteiger partial charge in [0.05, 0.1) is 18.4 Å². The molecule has 0 unspecified atom stereocenters. The van der Waals surface area contributed by atoms with E-state index < -0.39 is 5.97 Å². The Hall–Kier alpha value is -3.27. The summed E-state index contributed by atoms with van der Waals surface area (Å²) in [7, 11) is 1.34. The van der Waals surface area contributed by atoms with E-state index in [0.717, 1.165) is 11.1 Å². The summed E-state index contributed by atoms with van der Waals surface area (Å²) in [6.07, 6.45) is 0. The molecule has 0 aliphatic heterocycles. The van der Waals surface area contributed by atoms with E-state index in [2.05, 4.69) is 4.98 Å². The standard InChI is InChI=1S/C20H13NO3/c1-24-20(23)16-9-5-3-7-13(16)17-11-10-14-12-6-2-4-8-15(12)19(22)18(14)21-17/h2-11H,1H3. The maximum atomic E-state index is 12.6. The monoisotopic (exact) mass is 315 g/mol. The molecule has 1 aromatic heterocycles. The number of pyridine rings is 1. The predicted molar refractivity (Wildman–Crippen MR) is 89.9 cm³/mol. The van der Waals surface area contributed by atoms with E-state index in [1.807, 2.05) is 36.4 Å². The normalized spacial score (nSPS) is 11.8. The van der Waals surface area contributed by atoms with Crippen LogP contribution in [-0.4, -0.2) is 23.8 Å². The molecule has 0 amide bonds. The van der Waals surface area contributed by atoms with Crippen LogP contribution < -0.4 is 0 Å². The zero-order valence-corrected chi connectivity index (χ0v) is 12.9. The molecule has 4 rings (SSSR count). The molecule has 24 heavy (non-hydrogen) atoms. The predicted octanol–water partition coefficient (Wildman–Crippen LogP) is 3.75. The Morgan fingerprint density at radius 1 is 0.833 bits per heavy atom. The zero-order chi connectivity index (χ0) is 16.7. The highest BCUT2D eigenvalue weighted by Gasteiger charge is 2.28. The number of hydrogen-bond acceptors (Lipinski definition) is 4. The third-order valence-electron chi connectivity index (χ3n) is 4.18. The molecule has 0 radical (unpaired) electrons. The fourth-order valence-electron chi connectivity index (χ4n) is 3.04. The molecule has 1 heterocycles. The van der Waals surface area contributed by atoms with Crippen LogP contribution in [0.15, 0.2) is 60.7 Å². The third kappa shape index (κ3) is 2.04. The Morgan fingerprint density at radius 3 is 2.25 bits per heavy atom. The minimum Gasteiger partial charge on any atom is -0.465 e.